The Balaban J connectivity index is 2.27. The van der Waals surface area contributed by atoms with Crippen LogP contribution in [-0.4, -0.2) is 38.5 Å². The van der Waals surface area contributed by atoms with Gasteiger partial charge in [-0.3, -0.25) is 14.2 Å². The van der Waals surface area contributed by atoms with Gasteiger partial charge >= 0.3 is 5.97 Å². The van der Waals surface area contributed by atoms with Crippen LogP contribution >= 0.6 is 11.6 Å². The fourth-order valence-corrected chi connectivity index (χ4v) is 2.41. The van der Waals surface area contributed by atoms with Crippen LogP contribution < -0.4 is 5.32 Å². The highest BCUT2D eigenvalue weighted by molar-refractivity contribution is 6.31. The lowest BCUT2D eigenvalue weighted by molar-refractivity contribution is -0.119. The summed E-state index contributed by atoms with van der Waals surface area (Å²) in [5.74, 6) is -0.947. The summed E-state index contributed by atoms with van der Waals surface area (Å²) in [6.45, 7) is 7.70. The summed E-state index contributed by atoms with van der Waals surface area (Å²) < 4.78 is 7.80. The molecular formula is C15H20ClN5O3. The van der Waals surface area contributed by atoms with Crippen molar-refractivity contribution in [3.8, 4) is 0 Å². The summed E-state index contributed by atoms with van der Waals surface area (Å²) in [6, 6.07) is -0.605. The summed E-state index contributed by atoms with van der Waals surface area (Å²) in [5.41, 5.74) is 1.72. The number of methoxy groups -OCH3 is 1. The maximum absolute atomic E-state index is 12.5. The monoisotopic (exact) mass is 353 g/mol. The maximum atomic E-state index is 12.5. The van der Waals surface area contributed by atoms with E-state index in [0.29, 0.717) is 28.6 Å². The van der Waals surface area contributed by atoms with E-state index in [1.54, 1.807) is 36.3 Å². The van der Waals surface area contributed by atoms with E-state index in [-0.39, 0.29) is 11.6 Å². The number of halogens is 1. The second-order valence-corrected chi connectivity index (χ2v) is 5.71. The molecule has 0 aliphatic rings. The average Bonchev–Trinajstić information content (AvgIpc) is 3.09. The number of amides is 1. The molecule has 0 aliphatic heterocycles. The van der Waals surface area contributed by atoms with Gasteiger partial charge in [0, 0.05) is 12.7 Å². The molecule has 8 nitrogen and oxygen atoms in total. The van der Waals surface area contributed by atoms with Gasteiger partial charge in [0.05, 0.1) is 29.2 Å². The van der Waals surface area contributed by atoms with Gasteiger partial charge in [-0.05, 0) is 27.7 Å². The van der Waals surface area contributed by atoms with Gasteiger partial charge in [-0.1, -0.05) is 11.6 Å². The van der Waals surface area contributed by atoms with Gasteiger partial charge in [-0.2, -0.15) is 10.2 Å². The number of aromatic nitrogens is 4. The van der Waals surface area contributed by atoms with Crippen LogP contribution in [0.5, 0.6) is 0 Å². The lowest BCUT2D eigenvalue weighted by Gasteiger charge is -2.14. The van der Waals surface area contributed by atoms with Crippen molar-refractivity contribution in [2.75, 3.05) is 12.4 Å². The van der Waals surface area contributed by atoms with E-state index in [0.717, 1.165) is 0 Å². The topological polar surface area (TPSA) is 91.0 Å². The molecule has 2 aromatic rings. The minimum Gasteiger partial charge on any atom is -0.464 e. The average molecular weight is 354 g/mol. The van der Waals surface area contributed by atoms with Gasteiger partial charge < -0.3 is 10.1 Å². The van der Waals surface area contributed by atoms with E-state index in [1.807, 2.05) is 6.92 Å². The molecule has 0 bridgehead atoms. The Hall–Kier alpha value is -2.35. The number of nitrogens with one attached hydrogen (secondary N) is 1. The van der Waals surface area contributed by atoms with Crippen molar-refractivity contribution in [2.24, 2.45) is 0 Å². The molecule has 24 heavy (non-hydrogen) atoms. The van der Waals surface area contributed by atoms with Gasteiger partial charge in [0.1, 0.15) is 6.04 Å². The summed E-state index contributed by atoms with van der Waals surface area (Å²) in [7, 11) is 1.26. The van der Waals surface area contributed by atoms with E-state index >= 15 is 0 Å². The molecule has 0 radical (unpaired) electrons. The Kier molecular flexibility index (Phi) is 5.28. The molecule has 1 atom stereocenters. The normalized spacial score (nSPS) is 12.1. The van der Waals surface area contributed by atoms with Crippen molar-refractivity contribution in [1.29, 1.82) is 0 Å². The second kappa shape index (κ2) is 7.04. The van der Waals surface area contributed by atoms with E-state index in [4.69, 9.17) is 16.3 Å². The second-order valence-electron chi connectivity index (χ2n) is 5.33. The predicted octanol–water partition coefficient (Wildman–Crippen LogP) is 2.36. The number of aryl methyl sites for hydroxylation is 2. The molecule has 0 fully saturated rings. The van der Waals surface area contributed by atoms with Crippen molar-refractivity contribution in [2.45, 2.75) is 40.3 Å². The number of ether oxygens (including phenoxy) is 1. The molecule has 1 N–H and O–H groups in total. The fraction of sp³-hybridized carbons (Fsp3) is 0.467. The fourth-order valence-electron chi connectivity index (χ4n) is 2.29. The van der Waals surface area contributed by atoms with E-state index in [9.17, 15) is 9.59 Å². The zero-order valence-corrected chi connectivity index (χ0v) is 15.0. The highest BCUT2D eigenvalue weighted by atomic mass is 35.5. The largest absolute Gasteiger partial charge is 0.464 e. The predicted molar refractivity (Wildman–Crippen MR) is 89.3 cm³/mol. The summed E-state index contributed by atoms with van der Waals surface area (Å²) >= 11 is 6.13. The number of esters is 1. The standard InChI is InChI=1S/C15H20ClN5O3/c1-6-20-7-11(13(19-20)15(23)24-5)17-14(22)10(4)21-9(3)12(16)8(2)18-21/h7,10H,6H2,1-5H3,(H,17,22). The van der Waals surface area contributed by atoms with Crippen LogP contribution in [-0.2, 0) is 16.1 Å². The highest BCUT2D eigenvalue weighted by Gasteiger charge is 2.24. The minimum absolute atomic E-state index is 0.0614. The quantitative estimate of drug-likeness (QED) is 0.833. The third-order valence-corrected chi connectivity index (χ3v) is 4.25. The number of carbonyl (C=O) groups is 2. The Bertz CT molecular complexity index is 780. The van der Waals surface area contributed by atoms with E-state index < -0.39 is 12.0 Å². The van der Waals surface area contributed by atoms with Gasteiger partial charge in [-0.15, -0.1) is 0 Å². The molecule has 0 saturated carbocycles. The van der Waals surface area contributed by atoms with Crippen LogP contribution in [0.2, 0.25) is 5.02 Å². The molecule has 2 heterocycles. The smallest absolute Gasteiger partial charge is 0.360 e. The first-order chi connectivity index (χ1) is 11.3. The van der Waals surface area contributed by atoms with Crippen molar-refractivity contribution in [3.63, 3.8) is 0 Å². The first kappa shape index (κ1) is 18.0. The van der Waals surface area contributed by atoms with Crippen LogP contribution in [0.3, 0.4) is 0 Å². The molecule has 1 unspecified atom stereocenters. The molecular weight excluding hydrogens is 334 g/mol. The summed E-state index contributed by atoms with van der Waals surface area (Å²) in [5, 5.41) is 11.6. The first-order valence-corrected chi connectivity index (χ1v) is 7.85. The minimum atomic E-state index is -0.612. The molecule has 0 aliphatic carbocycles. The third-order valence-electron chi connectivity index (χ3n) is 3.71. The molecule has 0 spiro atoms. The van der Waals surface area contributed by atoms with Crippen molar-refractivity contribution in [1.82, 2.24) is 19.6 Å². The van der Waals surface area contributed by atoms with Crippen molar-refractivity contribution < 1.29 is 14.3 Å². The molecule has 9 heteroatoms. The third kappa shape index (κ3) is 3.28. The van der Waals surface area contributed by atoms with Crippen LogP contribution in [0.15, 0.2) is 6.20 Å². The zero-order valence-electron chi connectivity index (χ0n) is 14.3. The van der Waals surface area contributed by atoms with Gasteiger partial charge in [-0.25, -0.2) is 4.79 Å². The van der Waals surface area contributed by atoms with Gasteiger partial charge in [0.2, 0.25) is 5.91 Å². The molecule has 0 saturated heterocycles. The number of anilines is 1. The summed E-state index contributed by atoms with van der Waals surface area (Å²) in [4.78, 5) is 24.3. The van der Waals surface area contributed by atoms with Crippen LogP contribution in [0, 0.1) is 13.8 Å². The molecule has 0 aromatic carbocycles. The maximum Gasteiger partial charge on any atom is 0.360 e. The number of nitrogens with zero attached hydrogens (tertiary/aromatic N) is 4. The Morgan fingerprint density at radius 1 is 1.38 bits per heavy atom. The number of hydrogen-bond donors (Lipinski definition) is 1. The Labute approximate surface area is 144 Å². The van der Waals surface area contributed by atoms with Crippen LogP contribution in [0.4, 0.5) is 5.69 Å². The lowest BCUT2D eigenvalue weighted by Crippen LogP contribution is -2.26. The van der Waals surface area contributed by atoms with Crippen molar-refractivity contribution in [3.05, 3.63) is 28.3 Å². The molecule has 2 rings (SSSR count). The summed E-state index contributed by atoms with van der Waals surface area (Å²) in [6.07, 6.45) is 1.59. The van der Waals surface area contributed by atoms with Gasteiger partial charge in [0.15, 0.2) is 5.69 Å². The Morgan fingerprint density at radius 2 is 2.04 bits per heavy atom. The molecule has 130 valence electrons. The van der Waals surface area contributed by atoms with E-state index in [1.165, 1.54) is 7.11 Å². The van der Waals surface area contributed by atoms with Crippen LogP contribution in [0.25, 0.3) is 0 Å². The number of hydrogen-bond acceptors (Lipinski definition) is 5. The van der Waals surface area contributed by atoms with Gasteiger partial charge in [0.25, 0.3) is 0 Å². The van der Waals surface area contributed by atoms with E-state index in [2.05, 4.69) is 15.5 Å². The molecule has 2 aromatic heterocycles. The zero-order chi connectivity index (χ0) is 18.0. The number of carbonyl (C=O) groups excluding carboxylic acids is 2. The SMILES string of the molecule is CCn1cc(NC(=O)C(C)n2nc(C)c(Cl)c2C)c(C(=O)OC)n1. The Morgan fingerprint density at radius 3 is 2.54 bits per heavy atom. The molecule has 1 amide bonds. The van der Waals surface area contributed by atoms with Crippen molar-refractivity contribution >= 4 is 29.2 Å². The number of rotatable bonds is 5. The first-order valence-electron chi connectivity index (χ1n) is 7.47. The lowest BCUT2D eigenvalue weighted by atomic mass is 10.2. The highest BCUT2D eigenvalue weighted by Crippen LogP contribution is 2.23. The van der Waals surface area contributed by atoms with Crippen LogP contribution in [0.1, 0.15) is 41.8 Å².